The van der Waals surface area contributed by atoms with Gasteiger partial charge >= 0.3 is 0 Å². The molecule has 0 heterocycles. The molecule has 0 saturated carbocycles. The number of hydrogen-bond acceptors (Lipinski definition) is 3. The molecule has 0 amide bonds. The first kappa shape index (κ1) is 16.4. The second kappa shape index (κ2) is 10.6. The SMILES string of the molecule is C#CCC(C)NCC(O)COCCCC(C)C. The molecule has 100 valence electrons. The Morgan fingerprint density at radius 2 is 2.06 bits per heavy atom. The molecule has 0 aliphatic rings. The monoisotopic (exact) mass is 241 g/mol. The summed E-state index contributed by atoms with van der Waals surface area (Å²) in [7, 11) is 0. The van der Waals surface area contributed by atoms with Crippen molar-refractivity contribution in [1.29, 1.82) is 0 Å². The zero-order chi connectivity index (χ0) is 13.1. The Hall–Kier alpha value is -0.560. The van der Waals surface area contributed by atoms with Gasteiger partial charge in [0.2, 0.25) is 0 Å². The predicted octanol–water partition coefficient (Wildman–Crippen LogP) is 1.80. The summed E-state index contributed by atoms with van der Waals surface area (Å²) >= 11 is 0. The summed E-state index contributed by atoms with van der Waals surface area (Å²) in [6.07, 6.45) is 7.66. The van der Waals surface area contributed by atoms with Crippen LogP contribution in [0.2, 0.25) is 0 Å². The number of hydrogen-bond donors (Lipinski definition) is 2. The van der Waals surface area contributed by atoms with E-state index < -0.39 is 6.10 Å². The van der Waals surface area contributed by atoms with Crippen molar-refractivity contribution in [3.05, 3.63) is 0 Å². The van der Waals surface area contributed by atoms with Gasteiger partial charge in [-0.2, -0.15) is 0 Å². The molecule has 2 unspecified atom stereocenters. The Kier molecular flexibility index (Phi) is 10.2. The largest absolute Gasteiger partial charge is 0.389 e. The van der Waals surface area contributed by atoms with E-state index in [1.165, 1.54) is 6.42 Å². The van der Waals surface area contributed by atoms with Crippen molar-refractivity contribution < 1.29 is 9.84 Å². The maximum absolute atomic E-state index is 9.64. The summed E-state index contributed by atoms with van der Waals surface area (Å²) in [6, 6.07) is 0.246. The van der Waals surface area contributed by atoms with Gasteiger partial charge in [-0.15, -0.1) is 12.3 Å². The van der Waals surface area contributed by atoms with E-state index in [4.69, 9.17) is 11.2 Å². The van der Waals surface area contributed by atoms with Crippen molar-refractivity contribution >= 4 is 0 Å². The zero-order valence-electron chi connectivity index (χ0n) is 11.4. The molecule has 0 aromatic heterocycles. The van der Waals surface area contributed by atoms with E-state index >= 15 is 0 Å². The van der Waals surface area contributed by atoms with Crippen molar-refractivity contribution in [3.63, 3.8) is 0 Å². The molecule has 17 heavy (non-hydrogen) atoms. The second-order valence-electron chi connectivity index (χ2n) is 4.98. The van der Waals surface area contributed by atoms with Crippen LogP contribution in [-0.4, -0.2) is 37.0 Å². The molecule has 3 nitrogen and oxygen atoms in total. The normalized spacial score (nSPS) is 14.6. The maximum Gasteiger partial charge on any atom is 0.0897 e. The first-order valence-corrected chi connectivity index (χ1v) is 6.49. The predicted molar refractivity (Wildman–Crippen MR) is 71.8 cm³/mol. The molecule has 2 atom stereocenters. The van der Waals surface area contributed by atoms with E-state index in [2.05, 4.69) is 25.1 Å². The molecular formula is C14H27NO2. The standard InChI is InChI=1S/C14H27NO2/c1-5-7-13(4)15-10-14(16)11-17-9-6-8-12(2)3/h1,12-16H,6-11H2,2-4H3. The quantitative estimate of drug-likeness (QED) is 0.453. The summed E-state index contributed by atoms with van der Waals surface area (Å²) in [5.41, 5.74) is 0. The third-order valence-corrected chi connectivity index (χ3v) is 2.51. The summed E-state index contributed by atoms with van der Waals surface area (Å²) in [5.74, 6) is 3.30. The van der Waals surface area contributed by atoms with Gasteiger partial charge in [0.25, 0.3) is 0 Å². The summed E-state index contributed by atoms with van der Waals surface area (Å²) in [6.45, 7) is 8.07. The fourth-order valence-corrected chi connectivity index (χ4v) is 1.46. The fourth-order valence-electron chi connectivity index (χ4n) is 1.46. The molecule has 0 bridgehead atoms. The Bertz CT molecular complexity index is 211. The van der Waals surface area contributed by atoms with Gasteiger partial charge in [-0.05, 0) is 25.7 Å². The third kappa shape index (κ3) is 11.7. The van der Waals surface area contributed by atoms with Crippen molar-refractivity contribution in [2.45, 2.75) is 52.2 Å². The lowest BCUT2D eigenvalue weighted by Gasteiger charge is -2.15. The maximum atomic E-state index is 9.64. The number of aliphatic hydroxyl groups excluding tert-OH is 1. The molecule has 2 N–H and O–H groups in total. The molecule has 0 aromatic rings. The Morgan fingerprint density at radius 1 is 1.35 bits per heavy atom. The average molecular weight is 241 g/mol. The van der Waals surface area contributed by atoms with Gasteiger partial charge < -0.3 is 15.2 Å². The molecule has 0 rings (SSSR count). The minimum atomic E-state index is -0.450. The van der Waals surface area contributed by atoms with Crippen LogP contribution in [0.25, 0.3) is 0 Å². The van der Waals surface area contributed by atoms with Crippen LogP contribution >= 0.6 is 0 Å². The van der Waals surface area contributed by atoms with Crippen LogP contribution in [0, 0.1) is 18.3 Å². The highest BCUT2D eigenvalue weighted by Gasteiger charge is 2.06. The van der Waals surface area contributed by atoms with Crippen LogP contribution in [0.1, 0.15) is 40.0 Å². The third-order valence-electron chi connectivity index (χ3n) is 2.51. The second-order valence-corrected chi connectivity index (χ2v) is 4.98. The van der Waals surface area contributed by atoms with Crippen molar-refractivity contribution in [1.82, 2.24) is 5.32 Å². The van der Waals surface area contributed by atoms with Gasteiger partial charge in [0.15, 0.2) is 0 Å². The zero-order valence-corrected chi connectivity index (χ0v) is 11.4. The van der Waals surface area contributed by atoms with Crippen LogP contribution in [0.5, 0.6) is 0 Å². The van der Waals surface area contributed by atoms with Crippen LogP contribution in [0.15, 0.2) is 0 Å². The van der Waals surface area contributed by atoms with Gasteiger partial charge in [0.05, 0.1) is 12.7 Å². The Labute approximate surface area is 106 Å². The fraction of sp³-hybridized carbons (Fsp3) is 0.857. The molecule has 0 aliphatic carbocycles. The van der Waals surface area contributed by atoms with E-state index in [1.54, 1.807) is 0 Å². The molecule has 0 fully saturated rings. The highest BCUT2D eigenvalue weighted by Crippen LogP contribution is 2.03. The van der Waals surface area contributed by atoms with E-state index in [9.17, 15) is 5.11 Å². The molecular weight excluding hydrogens is 214 g/mol. The molecule has 0 spiro atoms. The molecule has 0 radical (unpaired) electrons. The van der Waals surface area contributed by atoms with E-state index in [1.807, 2.05) is 6.92 Å². The number of aliphatic hydroxyl groups is 1. The van der Waals surface area contributed by atoms with Crippen LogP contribution in [-0.2, 0) is 4.74 Å². The van der Waals surface area contributed by atoms with Crippen LogP contribution in [0.3, 0.4) is 0 Å². The van der Waals surface area contributed by atoms with Gasteiger partial charge in [0.1, 0.15) is 0 Å². The van der Waals surface area contributed by atoms with E-state index in [0.29, 0.717) is 19.6 Å². The minimum absolute atomic E-state index is 0.246. The van der Waals surface area contributed by atoms with Gasteiger partial charge in [-0.1, -0.05) is 13.8 Å². The van der Waals surface area contributed by atoms with Crippen molar-refractivity contribution in [2.75, 3.05) is 19.8 Å². The smallest absolute Gasteiger partial charge is 0.0897 e. The lowest BCUT2D eigenvalue weighted by Crippen LogP contribution is -2.35. The first-order chi connectivity index (χ1) is 8.06. The topological polar surface area (TPSA) is 41.5 Å². The Morgan fingerprint density at radius 3 is 2.65 bits per heavy atom. The summed E-state index contributed by atoms with van der Waals surface area (Å²) < 4.78 is 5.41. The van der Waals surface area contributed by atoms with Crippen molar-refractivity contribution in [2.24, 2.45) is 5.92 Å². The van der Waals surface area contributed by atoms with E-state index in [0.717, 1.165) is 18.9 Å². The summed E-state index contributed by atoms with van der Waals surface area (Å²) in [5, 5.41) is 12.8. The Balaban J connectivity index is 3.35. The summed E-state index contributed by atoms with van der Waals surface area (Å²) in [4.78, 5) is 0. The van der Waals surface area contributed by atoms with E-state index in [-0.39, 0.29) is 6.04 Å². The highest BCUT2D eigenvalue weighted by atomic mass is 16.5. The van der Waals surface area contributed by atoms with Crippen molar-refractivity contribution in [3.8, 4) is 12.3 Å². The molecule has 0 saturated heterocycles. The lowest BCUT2D eigenvalue weighted by atomic mass is 10.1. The number of nitrogens with one attached hydrogen (secondary N) is 1. The van der Waals surface area contributed by atoms with Gasteiger partial charge in [-0.25, -0.2) is 0 Å². The number of ether oxygens (including phenoxy) is 1. The van der Waals surface area contributed by atoms with Gasteiger partial charge in [0, 0.05) is 25.6 Å². The number of rotatable bonds is 10. The minimum Gasteiger partial charge on any atom is -0.389 e. The van der Waals surface area contributed by atoms with Gasteiger partial charge in [-0.3, -0.25) is 0 Å². The average Bonchev–Trinajstić information content (AvgIpc) is 2.26. The lowest BCUT2D eigenvalue weighted by molar-refractivity contribution is 0.0338. The number of terminal acetylenes is 1. The van der Waals surface area contributed by atoms with Crippen LogP contribution < -0.4 is 5.32 Å². The highest BCUT2D eigenvalue weighted by molar-refractivity contribution is 4.88. The molecule has 0 aromatic carbocycles. The molecule has 3 heteroatoms. The molecule has 0 aliphatic heterocycles. The van der Waals surface area contributed by atoms with Crippen LogP contribution in [0.4, 0.5) is 0 Å². The first-order valence-electron chi connectivity index (χ1n) is 6.49.